The van der Waals surface area contributed by atoms with Gasteiger partial charge in [0, 0.05) is 34.4 Å². The van der Waals surface area contributed by atoms with Gasteiger partial charge in [-0.1, -0.05) is 41.9 Å². The van der Waals surface area contributed by atoms with Crippen LogP contribution in [-0.4, -0.2) is 17.9 Å². The molecule has 0 aromatic heterocycles. The molecule has 3 aromatic carbocycles. The summed E-state index contributed by atoms with van der Waals surface area (Å²) in [6.45, 7) is 2.44. The molecule has 2 amide bonds. The van der Waals surface area contributed by atoms with Crippen LogP contribution in [0.3, 0.4) is 0 Å². The summed E-state index contributed by atoms with van der Waals surface area (Å²) in [5.74, 6) is -0.160. The van der Waals surface area contributed by atoms with Crippen LogP contribution in [0.4, 0.5) is 5.69 Å². The topological polar surface area (TPSA) is 49.4 Å². The Hall–Kier alpha value is -3.11. The van der Waals surface area contributed by atoms with Gasteiger partial charge >= 0.3 is 0 Å². The quantitative estimate of drug-likeness (QED) is 0.675. The van der Waals surface area contributed by atoms with Crippen molar-refractivity contribution in [3.63, 3.8) is 0 Å². The van der Waals surface area contributed by atoms with Gasteiger partial charge in [-0.15, -0.1) is 0 Å². The molecule has 5 heteroatoms. The lowest BCUT2D eigenvalue weighted by Gasteiger charge is -2.23. The zero-order valence-corrected chi connectivity index (χ0v) is 16.8. The Morgan fingerprint density at radius 1 is 1.00 bits per heavy atom. The van der Waals surface area contributed by atoms with Crippen molar-refractivity contribution in [1.29, 1.82) is 0 Å². The van der Waals surface area contributed by atoms with E-state index in [1.54, 1.807) is 24.3 Å². The van der Waals surface area contributed by atoms with E-state index in [-0.39, 0.29) is 17.9 Å². The Kier molecular flexibility index (Phi) is 5.36. The Morgan fingerprint density at radius 3 is 2.45 bits per heavy atom. The van der Waals surface area contributed by atoms with Crippen molar-refractivity contribution in [3.8, 4) is 0 Å². The Labute approximate surface area is 175 Å². The number of rotatable bonds is 4. The summed E-state index contributed by atoms with van der Waals surface area (Å²) < 4.78 is 0. The number of benzene rings is 3. The molecular weight excluding hydrogens is 384 g/mol. The first kappa shape index (κ1) is 19.2. The van der Waals surface area contributed by atoms with Crippen LogP contribution in [0.1, 0.15) is 38.8 Å². The third kappa shape index (κ3) is 4.03. The SMILES string of the molecule is C[C@H]1Cc2ccc(CNC(=O)c3ccc(Cl)cc3)cc2N1C(=O)c1ccccc1. The van der Waals surface area contributed by atoms with E-state index in [1.165, 1.54) is 0 Å². The lowest BCUT2D eigenvalue weighted by atomic mass is 10.1. The fraction of sp³-hybridized carbons (Fsp3) is 0.167. The van der Waals surface area contributed by atoms with E-state index in [4.69, 9.17) is 11.6 Å². The highest BCUT2D eigenvalue weighted by Crippen LogP contribution is 2.34. The molecule has 0 radical (unpaired) electrons. The minimum Gasteiger partial charge on any atom is -0.348 e. The number of halogens is 1. The largest absolute Gasteiger partial charge is 0.348 e. The van der Waals surface area contributed by atoms with Gasteiger partial charge in [-0.25, -0.2) is 0 Å². The number of carbonyl (C=O) groups excluding carboxylic acids is 2. The number of anilines is 1. The van der Waals surface area contributed by atoms with E-state index in [1.807, 2.05) is 53.4 Å². The Balaban J connectivity index is 1.52. The number of hydrogen-bond acceptors (Lipinski definition) is 2. The molecule has 1 heterocycles. The van der Waals surface area contributed by atoms with Crippen molar-refractivity contribution in [2.24, 2.45) is 0 Å². The third-order valence-electron chi connectivity index (χ3n) is 5.16. The summed E-state index contributed by atoms with van der Waals surface area (Å²) >= 11 is 5.87. The Bertz CT molecular complexity index is 1050. The molecular formula is C24H21ClN2O2. The molecule has 0 unspecified atom stereocenters. The number of hydrogen-bond donors (Lipinski definition) is 1. The molecule has 0 saturated carbocycles. The monoisotopic (exact) mass is 404 g/mol. The number of fused-ring (bicyclic) bond motifs is 1. The highest BCUT2D eigenvalue weighted by molar-refractivity contribution is 6.30. The lowest BCUT2D eigenvalue weighted by Crippen LogP contribution is -2.35. The molecule has 0 aliphatic carbocycles. The predicted molar refractivity (Wildman–Crippen MR) is 115 cm³/mol. The summed E-state index contributed by atoms with van der Waals surface area (Å²) in [6, 6.07) is 22.3. The predicted octanol–water partition coefficient (Wildman–Crippen LogP) is 4.86. The summed E-state index contributed by atoms with van der Waals surface area (Å²) in [5, 5.41) is 3.52. The molecule has 1 aliphatic heterocycles. The zero-order valence-electron chi connectivity index (χ0n) is 16.1. The summed E-state index contributed by atoms with van der Waals surface area (Å²) in [4.78, 5) is 27.3. The number of nitrogens with zero attached hydrogens (tertiary/aromatic N) is 1. The highest BCUT2D eigenvalue weighted by Gasteiger charge is 2.31. The van der Waals surface area contributed by atoms with Crippen molar-refractivity contribution in [2.45, 2.75) is 25.9 Å². The van der Waals surface area contributed by atoms with Gasteiger partial charge in [-0.2, -0.15) is 0 Å². The van der Waals surface area contributed by atoms with Crippen molar-refractivity contribution < 1.29 is 9.59 Å². The second kappa shape index (κ2) is 8.10. The average molecular weight is 405 g/mol. The maximum absolute atomic E-state index is 13.1. The minimum atomic E-state index is -0.159. The molecule has 4 rings (SSSR count). The van der Waals surface area contributed by atoms with Crippen molar-refractivity contribution in [3.05, 3.63) is 100 Å². The van der Waals surface area contributed by atoms with Crippen molar-refractivity contribution >= 4 is 29.1 Å². The second-order valence-electron chi connectivity index (χ2n) is 7.25. The van der Waals surface area contributed by atoms with Gasteiger partial charge < -0.3 is 10.2 Å². The van der Waals surface area contributed by atoms with Crippen LogP contribution in [0.15, 0.2) is 72.8 Å². The maximum Gasteiger partial charge on any atom is 0.258 e. The molecule has 0 fully saturated rings. The van der Waals surface area contributed by atoms with E-state index >= 15 is 0 Å². The van der Waals surface area contributed by atoms with Crippen LogP contribution in [0, 0.1) is 0 Å². The molecule has 146 valence electrons. The van der Waals surface area contributed by atoms with Crippen LogP contribution >= 0.6 is 11.6 Å². The van der Waals surface area contributed by atoms with Gasteiger partial charge in [-0.05, 0) is 66.9 Å². The minimum absolute atomic E-state index is 0.000741. The summed E-state index contributed by atoms with van der Waals surface area (Å²) in [5.41, 5.74) is 4.25. The van der Waals surface area contributed by atoms with Crippen LogP contribution in [0.2, 0.25) is 5.02 Å². The van der Waals surface area contributed by atoms with Crippen LogP contribution in [0.25, 0.3) is 0 Å². The normalized spacial score (nSPS) is 15.1. The molecule has 1 N–H and O–H groups in total. The number of carbonyl (C=O) groups is 2. The van der Waals surface area contributed by atoms with Crippen molar-refractivity contribution in [1.82, 2.24) is 5.32 Å². The van der Waals surface area contributed by atoms with Crippen LogP contribution in [-0.2, 0) is 13.0 Å². The molecule has 0 bridgehead atoms. The molecule has 0 spiro atoms. The number of amides is 2. The molecule has 1 atom stereocenters. The lowest BCUT2D eigenvalue weighted by molar-refractivity contribution is 0.0948. The van der Waals surface area contributed by atoms with E-state index < -0.39 is 0 Å². The first-order chi connectivity index (χ1) is 14.0. The van der Waals surface area contributed by atoms with E-state index in [0.717, 1.165) is 23.2 Å². The van der Waals surface area contributed by atoms with Crippen LogP contribution < -0.4 is 10.2 Å². The van der Waals surface area contributed by atoms with Gasteiger partial charge in [0.2, 0.25) is 0 Å². The van der Waals surface area contributed by atoms with Gasteiger partial charge in [0.15, 0.2) is 0 Å². The fourth-order valence-corrected chi connectivity index (χ4v) is 3.80. The highest BCUT2D eigenvalue weighted by atomic mass is 35.5. The summed E-state index contributed by atoms with van der Waals surface area (Å²) in [6.07, 6.45) is 0.825. The van der Waals surface area contributed by atoms with E-state index in [0.29, 0.717) is 22.7 Å². The van der Waals surface area contributed by atoms with E-state index in [9.17, 15) is 9.59 Å². The third-order valence-corrected chi connectivity index (χ3v) is 5.42. The zero-order chi connectivity index (χ0) is 20.4. The van der Waals surface area contributed by atoms with Gasteiger partial charge in [0.1, 0.15) is 0 Å². The molecule has 0 saturated heterocycles. The van der Waals surface area contributed by atoms with Gasteiger partial charge in [0.05, 0.1) is 0 Å². The molecule has 4 nitrogen and oxygen atoms in total. The van der Waals surface area contributed by atoms with Crippen molar-refractivity contribution in [2.75, 3.05) is 4.90 Å². The fourth-order valence-electron chi connectivity index (χ4n) is 3.68. The van der Waals surface area contributed by atoms with Gasteiger partial charge in [-0.3, -0.25) is 9.59 Å². The van der Waals surface area contributed by atoms with Gasteiger partial charge in [0.25, 0.3) is 11.8 Å². The molecule has 1 aliphatic rings. The summed E-state index contributed by atoms with van der Waals surface area (Å²) in [7, 11) is 0. The first-order valence-electron chi connectivity index (χ1n) is 9.57. The Morgan fingerprint density at radius 2 is 1.72 bits per heavy atom. The molecule has 29 heavy (non-hydrogen) atoms. The second-order valence-corrected chi connectivity index (χ2v) is 7.68. The number of nitrogens with one attached hydrogen (secondary N) is 1. The van der Waals surface area contributed by atoms with Crippen LogP contribution in [0.5, 0.6) is 0 Å². The van der Waals surface area contributed by atoms with E-state index in [2.05, 4.69) is 12.2 Å². The standard InChI is InChI=1S/C24H21ClN2O2/c1-16-13-20-8-7-17(15-26-23(28)18-9-11-21(25)12-10-18)14-22(20)27(16)24(29)19-5-3-2-4-6-19/h2-12,14,16H,13,15H2,1H3,(H,26,28)/t16-/m0/s1. The maximum atomic E-state index is 13.1. The molecule has 3 aromatic rings. The first-order valence-corrected chi connectivity index (χ1v) is 9.95. The average Bonchev–Trinajstić information content (AvgIpc) is 3.07. The smallest absolute Gasteiger partial charge is 0.258 e.